The van der Waals surface area contributed by atoms with Gasteiger partial charge in [0.25, 0.3) is 0 Å². The van der Waals surface area contributed by atoms with E-state index in [0.29, 0.717) is 10.4 Å². The van der Waals surface area contributed by atoms with Crippen LogP contribution in [0.25, 0.3) is 10.1 Å². The lowest BCUT2D eigenvalue weighted by atomic mass is 10.1. The molecule has 1 N–H and O–H groups in total. The number of carbonyl (C=O) groups excluding carboxylic acids is 1. The molecular formula is C10H8O2S2. The Morgan fingerprint density at radius 1 is 1.50 bits per heavy atom. The maximum absolute atomic E-state index is 10.7. The molecule has 0 fully saturated rings. The van der Waals surface area contributed by atoms with Gasteiger partial charge in [-0.15, -0.1) is 24.0 Å². The van der Waals surface area contributed by atoms with E-state index in [1.54, 1.807) is 0 Å². The van der Waals surface area contributed by atoms with Crippen LogP contribution in [0.3, 0.4) is 0 Å². The molecule has 2 nitrogen and oxygen atoms in total. The standard InChI is InChI=1S/C10H8O2S2/c11-4-7-6-2-1-3-8(13)10(6)14-9(7)5-12/h1-3,5,11,13H,4H2. The third-order valence-electron chi connectivity index (χ3n) is 2.09. The van der Waals surface area contributed by atoms with Gasteiger partial charge in [-0.05, 0) is 11.5 Å². The molecule has 0 radical (unpaired) electrons. The second kappa shape index (κ2) is 3.73. The van der Waals surface area contributed by atoms with E-state index in [0.717, 1.165) is 21.3 Å². The van der Waals surface area contributed by atoms with Gasteiger partial charge in [0.2, 0.25) is 0 Å². The lowest BCUT2D eigenvalue weighted by Crippen LogP contribution is -1.85. The normalized spacial score (nSPS) is 10.7. The zero-order chi connectivity index (χ0) is 10.1. The van der Waals surface area contributed by atoms with Crippen LogP contribution < -0.4 is 0 Å². The highest BCUT2D eigenvalue weighted by Crippen LogP contribution is 2.34. The third kappa shape index (κ3) is 1.35. The van der Waals surface area contributed by atoms with Crippen LogP contribution in [0.5, 0.6) is 0 Å². The highest BCUT2D eigenvalue weighted by atomic mass is 32.1. The molecule has 2 aromatic rings. The summed E-state index contributed by atoms with van der Waals surface area (Å²) in [5, 5.41) is 10.1. The van der Waals surface area contributed by atoms with Crippen molar-refractivity contribution in [3.63, 3.8) is 0 Å². The fourth-order valence-electron chi connectivity index (χ4n) is 1.43. The van der Waals surface area contributed by atoms with Gasteiger partial charge in [-0.25, -0.2) is 0 Å². The molecule has 1 aromatic heterocycles. The number of carbonyl (C=O) groups is 1. The molecule has 0 spiro atoms. The molecule has 0 aliphatic carbocycles. The van der Waals surface area contributed by atoms with Gasteiger partial charge < -0.3 is 5.11 Å². The predicted molar refractivity (Wildman–Crippen MR) is 60.4 cm³/mol. The first kappa shape index (κ1) is 9.71. The first-order valence-corrected chi connectivity index (χ1v) is 5.33. The SMILES string of the molecule is O=Cc1sc2c(S)cccc2c1CO. The molecule has 0 saturated heterocycles. The molecule has 0 aliphatic rings. The Kier molecular flexibility index (Phi) is 2.58. The monoisotopic (exact) mass is 224 g/mol. The number of aliphatic hydroxyl groups excluding tert-OH is 1. The van der Waals surface area contributed by atoms with Gasteiger partial charge in [0.05, 0.1) is 11.5 Å². The van der Waals surface area contributed by atoms with E-state index in [9.17, 15) is 4.79 Å². The maximum atomic E-state index is 10.7. The summed E-state index contributed by atoms with van der Waals surface area (Å²) in [7, 11) is 0. The number of aliphatic hydroxyl groups is 1. The van der Waals surface area contributed by atoms with Crippen LogP contribution in [0, 0.1) is 0 Å². The molecule has 0 amide bonds. The summed E-state index contributed by atoms with van der Waals surface area (Å²) in [6, 6.07) is 5.63. The molecular weight excluding hydrogens is 216 g/mol. The molecule has 0 unspecified atom stereocenters. The lowest BCUT2D eigenvalue weighted by Gasteiger charge is -1.95. The Bertz CT molecular complexity index is 488. The van der Waals surface area contributed by atoms with E-state index < -0.39 is 0 Å². The number of hydrogen-bond donors (Lipinski definition) is 2. The maximum Gasteiger partial charge on any atom is 0.160 e. The van der Waals surface area contributed by atoms with E-state index in [1.807, 2.05) is 18.2 Å². The average Bonchev–Trinajstić information content (AvgIpc) is 2.57. The number of hydrogen-bond acceptors (Lipinski definition) is 4. The minimum absolute atomic E-state index is 0.106. The summed E-state index contributed by atoms with van der Waals surface area (Å²) >= 11 is 5.67. The second-order valence-electron chi connectivity index (χ2n) is 2.87. The van der Waals surface area contributed by atoms with Crippen molar-refractivity contribution in [3.05, 3.63) is 28.6 Å². The Balaban J connectivity index is 2.86. The molecule has 0 bridgehead atoms. The second-order valence-corrected chi connectivity index (χ2v) is 4.41. The molecule has 0 atom stereocenters. The first-order chi connectivity index (χ1) is 6.77. The van der Waals surface area contributed by atoms with E-state index in [-0.39, 0.29) is 6.61 Å². The van der Waals surface area contributed by atoms with Crippen LogP contribution in [-0.2, 0) is 6.61 Å². The van der Waals surface area contributed by atoms with Crippen molar-refractivity contribution >= 4 is 40.3 Å². The Morgan fingerprint density at radius 2 is 2.29 bits per heavy atom. The number of thiophene rings is 1. The Labute approximate surface area is 90.6 Å². The van der Waals surface area contributed by atoms with Crippen LogP contribution in [0.15, 0.2) is 23.1 Å². The minimum atomic E-state index is -0.106. The fourth-order valence-corrected chi connectivity index (χ4v) is 2.82. The third-order valence-corrected chi connectivity index (χ3v) is 3.82. The molecule has 4 heteroatoms. The summed E-state index contributed by atoms with van der Waals surface area (Å²) < 4.78 is 0.960. The summed E-state index contributed by atoms with van der Waals surface area (Å²) in [6.45, 7) is -0.106. The van der Waals surface area contributed by atoms with Gasteiger partial charge in [-0.3, -0.25) is 4.79 Å². The highest BCUT2D eigenvalue weighted by molar-refractivity contribution is 7.80. The molecule has 72 valence electrons. The zero-order valence-corrected chi connectivity index (χ0v) is 8.94. The topological polar surface area (TPSA) is 37.3 Å². The van der Waals surface area contributed by atoms with Gasteiger partial charge in [0.15, 0.2) is 6.29 Å². The average molecular weight is 224 g/mol. The predicted octanol–water partition coefficient (Wildman–Crippen LogP) is 2.49. The summed E-state index contributed by atoms with van der Waals surface area (Å²) in [5.74, 6) is 0. The molecule has 1 aromatic carbocycles. The van der Waals surface area contributed by atoms with E-state index in [2.05, 4.69) is 12.6 Å². The van der Waals surface area contributed by atoms with Gasteiger partial charge in [0, 0.05) is 15.2 Å². The smallest absolute Gasteiger partial charge is 0.160 e. The first-order valence-electron chi connectivity index (χ1n) is 4.07. The lowest BCUT2D eigenvalue weighted by molar-refractivity contribution is 0.112. The van der Waals surface area contributed by atoms with Crippen molar-refractivity contribution in [1.82, 2.24) is 0 Å². The van der Waals surface area contributed by atoms with Crippen molar-refractivity contribution < 1.29 is 9.90 Å². The largest absolute Gasteiger partial charge is 0.392 e. The summed E-state index contributed by atoms with van der Waals surface area (Å²) in [4.78, 5) is 12.2. The number of aldehydes is 1. The zero-order valence-electron chi connectivity index (χ0n) is 7.23. The fraction of sp³-hybridized carbons (Fsp3) is 0.100. The van der Waals surface area contributed by atoms with E-state index >= 15 is 0 Å². The molecule has 0 aliphatic heterocycles. The number of benzene rings is 1. The van der Waals surface area contributed by atoms with Crippen molar-refractivity contribution in [2.75, 3.05) is 0 Å². The summed E-state index contributed by atoms with van der Waals surface area (Å²) in [6.07, 6.45) is 0.781. The van der Waals surface area contributed by atoms with Crippen molar-refractivity contribution in [2.45, 2.75) is 11.5 Å². The Hall–Kier alpha value is -0.840. The van der Waals surface area contributed by atoms with Gasteiger partial charge in [-0.2, -0.15) is 0 Å². The van der Waals surface area contributed by atoms with E-state index in [4.69, 9.17) is 5.11 Å². The molecule has 2 rings (SSSR count). The van der Waals surface area contributed by atoms with Crippen molar-refractivity contribution in [2.24, 2.45) is 0 Å². The Morgan fingerprint density at radius 3 is 2.93 bits per heavy atom. The number of rotatable bonds is 2. The quantitative estimate of drug-likeness (QED) is 0.607. The number of thiol groups is 1. The highest BCUT2D eigenvalue weighted by Gasteiger charge is 2.11. The van der Waals surface area contributed by atoms with Crippen molar-refractivity contribution in [1.29, 1.82) is 0 Å². The number of fused-ring (bicyclic) bond motifs is 1. The molecule has 0 saturated carbocycles. The van der Waals surface area contributed by atoms with Gasteiger partial charge in [0.1, 0.15) is 0 Å². The van der Waals surface area contributed by atoms with Crippen LogP contribution in [0.1, 0.15) is 15.2 Å². The van der Waals surface area contributed by atoms with Crippen molar-refractivity contribution in [3.8, 4) is 0 Å². The summed E-state index contributed by atoms with van der Waals surface area (Å²) in [5.41, 5.74) is 0.705. The molecule has 14 heavy (non-hydrogen) atoms. The molecule has 1 heterocycles. The van der Waals surface area contributed by atoms with Crippen LogP contribution in [0.2, 0.25) is 0 Å². The van der Waals surface area contributed by atoms with Crippen LogP contribution >= 0.6 is 24.0 Å². The van der Waals surface area contributed by atoms with Gasteiger partial charge >= 0.3 is 0 Å². The minimum Gasteiger partial charge on any atom is -0.392 e. The van der Waals surface area contributed by atoms with Gasteiger partial charge in [-0.1, -0.05) is 12.1 Å². The van der Waals surface area contributed by atoms with E-state index in [1.165, 1.54) is 11.3 Å². The van der Waals surface area contributed by atoms with Crippen LogP contribution in [0.4, 0.5) is 0 Å². The van der Waals surface area contributed by atoms with Crippen LogP contribution in [-0.4, -0.2) is 11.4 Å².